The van der Waals surface area contributed by atoms with Gasteiger partial charge in [-0.2, -0.15) is 0 Å². The Morgan fingerprint density at radius 3 is 2.79 bits per heavy atom. The molecule has 0 spiro atoms. The quantitative estimate of drug-likeness (QED) is 0.824. The fourth-order valence-corrected chi connectivity index (χ4v) is 3.48. The summed E-state index contributed by atoms with van der Waals surface area (Å²) in [6, 6.07) is 8.79. The van der Waals surface area contributed by atoms with Gasteiger partial charge in [-0.15, -0.1) is 0 Å². The van der Waals surface area contributed by atoms with Crippen LogP contribution in [0.2, 0.25) is 5.02 Å². The fourth-order valence-electron chi connectivity index (χ4n) is 3.30. The molecule has 2 aromatic rings. The van der Waals surface area contributed by atoms with Crippen LogP contribution in [0, 0.1) is 0 Å². The number of piperidine rings is 1. The molecule has 1 aromatic carbocycles. The molecule has 28 heavy (non-hydrogen) atoms. The van der Waals surface area contributed by atoms with Crippen LogP contribution in [-0.4, -0.2) is 46.6 Å². The number of halogens is 1. The summed E-state index contributed by atoms with van der Waals surface area (Å²) in [7, 11) is 0. The second-order valence-electron chi connectivity index (χ2n) is 8.07. The number of aromatic nitrogens is 1. The summed E-state index contributed by atoms with van der Waals surface area (Å²) < 4.78 is 5.51. The van der Waals surface area contributed by atoms with Gasteiger partial charge in [0.15, 0.2) is 0 Å². The van der Waals surface area contributed by atoms with E-state index in [0.717, 1.165) is 24.6 Å². The lowest BCUT2D eigenvalue weighted by Gasteiger charge is -2.36. The van der Waals surface area contributed by atoms with Crippen LogP contribution in [0.5, 0.6) is 0 Å². The average Bonchev–Trinajstić information content (AvgIpc) is 2.64. The Hall–Kier alpha value is -2.34. The first kappa shape index (κ1) is 20.4. The minimum atomic E-state index is -0.541. The first-order chi connectivity index (χ1) is 13.2. The molecule has 7 heteroatoms. The zero-order valence-electron chi connectivity index (χ0n) is 16.5. The van der Waals surface area contributed by atoms with Gasteiger partial charge in [0.1, 0.15) is 11.3 Å². The molecule has 0 radical (unpaired) electrons. The average molecular weight is 404 g/mol. The smallest absolute Gasteiger partial charge is 0.410 e. The highest BCUT2D eigenvalue weighted by molar-refractivity contribution is 6.31. The number of nitrogens with one attached hydrogen (secondary N) is 1. The maximum absolute atomic E-state index is 12.6. The van der Waals surface area contributed by atoms with Gasteiger partial charge in [0.25, 0.3) is 5.91 Å². The summed E-state index contributed by atoms with van der Waals surface area (Å²) in [6.45, 7) is 6.57. The van der Waals surface area contributed by atoms with E-state index in [1.165, 1.54) is 0 Å². The van der Waals surface area contributed by atoms with Crippen LogP contribution in [-0.2, 0) is 4.74 Å². The first-order valence-corrected chi connectivity index (χ1v) is 9.95. The predicted octanol–water partition coefficient (Wildman–Crippen LogP) is 4.41. The van der Waals surface area contributed by atoms with E-state index in [2.05, 4.69) is 10.3 Å². The van der Waals surface area contributed by atoms with E-state index in [1.807, 2.05) is 32.9 Å². The molecule has 1 aliphatic heterocycles. The van der Waals surface area contributed by atoms with E-state index < -0.39 is 5.60 Å². The first-order valence-electron chi connectivity index (χ1n) is 9.57. The van der Waals surface area contributed by atoms with E-state index >= 15 is 0 Å². The van der Waals surface area contributed by atoms with Gasteiger partial charge in [0.05, 0.1) is 11.6 Å². The molecule has 150 valence electrons. The van der Waals surface area contributed by atoms with Crippen LogP contribution in [0.25, 0.3) is 10.9 Å². The van der Waals surface area contributed by atoms with Crippen molar-refractivity contribution in [3.05, 3.63) is 41.0 Å². The van der Waals surface area contributed by atoms with Crippen molar-refractivity contribution in [2.45, 2.75) is 51.7 Å². The number of carbonyl (C=O) groups is 2. The predicted molar refractivity (Wildman–Crippen MR) is 110 cm³/mol. The van der Waals surface area contributed by atoms with Crippen LogP contribution >= 0.6 is 11.6 Å². The molecule has 1 saturated heterocycles. The molecule has 1 aromatic heterocycles. The van der Waals surface area contributed by atoms with Crippen LogP contribution < -0.4 is 5.32 Å². The number of ether oxygens (including phenoxy) is 1. The summed E-state index contributed by atoms with van der Waals surface area (Å²) in [5.74, 6) is -0.258. The lowest BCUT2D eigenvalue weighted by atomic mass is 10.0. The van der Waals surface area contributed by atoms with Gasteiger partial charge < -0.3 is 15.0 Å². The van der Waals surface area contributed by atoms with Crippen LogP contribution in [0.3, 0.4) is 0 Å². The minimum Gasteiger partial charge on any atom is -0.444 e. The van der Waals surface area contributed by atoms with Gasteiger partial charge in [0, 0.05) is 23.5 Å². The molecule has 0 bridgehead atoms. The van der Waals surface area contributed by atoms with E-state index in [-0.39, 0.29) is 18.0 Å². The molecule has 2 amide bonds. The van der Waals surface area contributed by atoms with Gasteiger partial charge in [-0.05, 0) is 64.3 Å². The molecule has 1 unspecified atom stereocenters. The summed E-state index contributed by atoms with van der Waals surface area (Å²) in [5, 5.41) is 4.43. The summed E-state index contributed by atoms with van der Waals surface area (Å²) in [4.78, 5) is 31.2. The molecule has 1 aliphatic rings. The number of benzene rings is 1. The molecule has 0 aliphatic carbocycles. The van der Waals surface area contributed by atoms with E-state index in [1.54, 1.807) is 23.1 Å². The minimum absolute atomic E-state index is 0.0770. The Morgan fingerprint density at radius 2 is 2.04 bits per heavy atom. The maximum Gasteiger partial charge on any atom is 0.410 e. The highest BCUT2D eigenvalue weighted by atomic mass is 35.5. The van der Waals surface area contributed by atoms with Crippen molar-refractivity contribution >= 4 is 34.5 Å². The summed E-state index contributed by atoms with van der Waals surface area (Å²) >= 11 is 5.99. The Kier molecular flexibility index (Phi) is 6.08. The number of fused-ring (bicyclic) bond motifs is 1. The molecule has 3 rings (SSSR count). The van der Waals surface area contributed by atoms with Crippen molar-refractivity contribution in [3.8, 4) is 0 Å². The van der Waals surface area contributed by atoms with Crippen molar-refractivity contribution in [2.75, 3.05) is 13.1 Å². The number of likely N-dealkylation sites (tertiary alicyclic amines) is 1. The van der Waals surface area contributed by atoms with Crippen LogP contribution in [0.15, 0.2) is 30.3 Å². The van der Waals surface area contributed by atoms with E-state index in [9.17, 15) is 9.59 Å². The van der Waals surface area contributed by atoms with Crippen molar-refractivity contribution < 1.29 is 14.3 Å². The van der Waals surface area contributed by atoms with Gasteiger partial charge >= 0.3 is 6.09 Å². The Labute approximate surface area is 170 Å². The third-order valence-corrected chi connectivity index (χ3v) is 4.87. The van der Waals surface area contributed by atoms with Crippen molar-refractivity contribution in [2.24, 2.45) is 0 Å². The zero-order chi connectivity index (χ0) is 20.3. The monoisotopic (exact) mass is 403 g/mol. The lowest BCUT2D eigenvalue weighted by molar-refractivity contribution is 0.00986. The number of pyridine rings is 1. The normalized spacial score (nSPS) is 17.4. The molecular formula is C21H26ClN3O3. The highest BCUT2D eigenvalue weighted by Gasteiger charge is 2.30. The van der Waals surface area contributed by atoms with Gasteiger partial charge in [-0.1, -0.05) is 17.7 Å². The topological polar surface area (TPSA) is 71.5 Å². The molecule has 1 N–H and O–H groups in total. The van der Waals surface area contributed by atoms with Crippen molar-refractivity contribution in [3.63, 3.8) is 0 Å². The molecule has 1 fully saturated rings. The maximum atomic E-state index is 12.6. The third-order valence-electron chi connectivity index (χ3n) is 4.64. The summed E-state index contributed by atoms with van der Waals surface area (Å²) in [5.41, 5.74) is 0.514. The van der Waals surface area contributed by atoms with Crippen molar-refractivity contribution in [1.82, 2.24) is 15.2 Å². The zero-order valence-corrected chi connectivity index (χ0v) is 17.3. The SMILES string of the molecule is CC(C)(C)OC(=O)N1CCCCC1CNC(=O)c1ccc2cc(Cl)ccc2n1. The van der Waals surface area contributed by atoms with E-state index in [4.69, 9.17) is 16.3 Å². The van der Waals surface area contributed by atoms with Crippen LogP contribution in [0.4, 0.5) is 4.79 Å². The molecule has 6 nitrogen and oxygen atoms in total. The number of rotatable bonds is 3. The molecular weight excluding hydrogens is 378 g/mol. The second-order valence-corrected chi connectivity index (χ2v) is 8.50. The molecule has 2 heterocycles. The second kappa shape index (κ2) is 8.35. The third kappa shape index (κ3) is 5.13. The van der Waals surface area contributed by atoms with E-state index in [0.29, 0.717) is 29.3 Å². The Bertz CT molecular complexity index is 879. The summed E-state index contributed by atoms with van der Waals surface area (Å²) in [6.07, 6.45) is 2.48. The van der Waals surface area contributed by atoms with Crippen molar-refractivity contribution in [1.29, 1.82) is 0 Å². The van der Waals surface area contributed by atoms with Gasteiger partial charge in [0.2, 0.25) is 0 Å². The Morgan fingerprint density at radius 1 is 1.25 bits per heavy atom. The van der Waals surface area contributed by atoms with Gasteiger partial charge in [-0.3, -0.25) is 4.79 Å². The largest absolute Gasteiger partial charge is 0.444 e. The highest BCUT2D eigenvalue weighted by Crippen LogP contribution is 2.21. The van der Waals surface area contributed by atoms with Gasteiger partial charge in [-0.25, -0.2) is 9.78 Å². The lowest BCUT2D eigenvalue weighted by Crippen LogP contribution is -2.50. The molecule has 0 saturated carbocycles. The number of hydrogen-bond acceptors (Lipinski definition) is 4. The molecule has 1 atom stereocenters. The van der Waals surface area contributed by atoms with Crippen LogP contribution in [0.1, 0.15) is 50.5 Å². The number of hydrogen-bond donors (Lipinski definition) is 1. The standard InChI is InChI=1S/C21H26ClN3O3/c1-21(2,3)28-20(27)25-11-5-4-6-16(25)13-23-19(26)18-9-7-14-12-15(22)8-10-17(14)24-18/h7-10,12,16H,4-6,11,13H2,1-3H3,(H,23,26). The number of nitrogens with zero attached hydrogens (tertiary/aromatic N) is 2. The number of carbonyl (C=O) groups excluding carboxylic acids is 2. The Balaban J connectivity index is 1.65. The fraction of sp³-hybridized carbons (Fsp3) is 0.476. The number of amides is 2.